The standard InChI is InChI=1S/C16H27N5O3/c1-19(2)16(22)20(3)13-5-4-7-21(9-13)10-14-17-18-15(24-14)12-6-8-23-11-12/h12-13H,4-11H2,1-3H3. The minimum atomic E-state index is 0.0446. The van der Waals surface area contributed by atoms with Gasteiger partial charge in [-0.15, -0.1) is 10.2 Å². The molecule has 2 aliphatic heterocycles. The largest absolute Gasteiger partial charge is 0.423 e. The van der Waals surface area contributed by atoms with Crippen molar-refractivity contribution in [2.75, 3.05) is 47.4 Å². The van der Waals surface area contributed by atoms with Crippen LogP contribution in [-0.4, -0.2) is 84.4 Å². The van der Waals surface area contributed by atoms with Crippen molar-refractivity contribution in [1.82, 2.24) is 24.9 Å². The van der Waals surface area contributed by atoms with Gasteiger partial charge in [-0.1, -0.05) is 0 Å². The Morgan fingerprint density at radius 3 is 2.83 bits per heavy atom. The molecule has 0 spiro atoms. The number of hydrogen-bond donors (Lipinski definition) is 0. The third-order valence-electron chi connectivity index (χ3n) is 4.83. The van der Waals surface area contributed by atoms with Crippen LogP contribution in [0.15, 0.2) is 4.42 Å². The highest BCUT2D eigenvalue weighted by molar-refractivity contribution is 5.73. The first-order chi connectivity index (χ1) is 11.5. The predicted molar refractivity (Wildman–Crippen MR) is 87.6 cm³/mol. The lowest BCUT2D eigenvalue weighted by atomic mass is 10.0. The van der Waals surface area contributed by atoms with Crippen LogP contribution in [0.3, 0.4) is 0 Å². The summed E-state index contributed by atoms with van der Waals surface area (Å²) in [4.78, 5) is 17.9. The minimum Gasteiger partial charge on any atom is -0.423 e. The molecule has 8 nitrogen and oxygen atoms in total. The summed E-state index contributed by atoms with van der Waals surface area (Å²) in [7, 11) is 5.44. The molecule has 24 heavy (non-hydrogen) atoms. The van der Waals surface area contributed by atoms with Crippen molar-refractivity contribution in [2.24, 2.45) is 0 Å². The van der Waals surface area contributed by atoms with Gasteiger partial charge >= 0.3 is 6.03 Å². The molecule has 0 N–H and O–H groups in total. The molecule has 0 saturated carbocycles. The Hall–Kier alpha value is -1.67. The number of ether oxygens (including phenoxy) is 1. The van der Waals surface area contributed by atoms with E-state index >= 15 is 0 Å². The monoisotopic (exact) mass is 337 g/mol. The first-order valence-electron chi connectivity index (χ1n) is 8.61. The Balaban J connectivity index is 1.56. The maximum Gasteiger partial charge on any atom is 0.319 e. The molecule has 0 bridgehead atoms. The zero-order valence-corrected chi connectivity index (χ0v) is 14.8. The molecule has 1 aromatic heterocycles. The highest BCUT2D eigenvalue weighted by Crippen LogP contribution is 2.24. The number of rotatable bonds is 4. The number of likely N-dealkylation sites (N-methyl/N-ethyl adjacent to an activating group) is 1. The Bertz CT molecular complexity index is 556. The summed E-state index contributed by atoms with van der Waals surface area (Å²) in [5.74, 6) is 1.58. The third kappa shape index (κ3) is 3.87. The van der Waals surface area contributed by atoms with Crippen LogP contribution in [0.2, 0.25) is 0 Å². The zero-order valence-electron chi connectivity index (χ0n) is 14.8. The number of nitrogens with zero attached hydrogens (tertiary/aromatic N) is 5. The Labute approximate surface area is 142 Å². The quantitative estimate of drug-likeness (QED) is 0.820. The second-order valence-electron chi connectivity index (χ2n) is 6.91. The maximum absolute atomic E-state index is 12.1. The van der Waals surface area contributed by atoms with E-state index in [0.29, 0.717) is 24.9 Å². The van der Waals surface area contributed by atoms with Gasteiger partial charge < -0.3 is 19.0 Å². The second-order valence-corrected chi connectivity index (χ2v) is 6.91. The van der Waals surface area contributed by atoms with Crippen molar-refractivity contribution in [3.63, 3.8) is 0 Å². The molecule has 2 fully saturated rings. The number of amides is 2. The molecule has 3 heterocycles. The molecule has 2 unspecified atom stereocenters. The summed E-state index contributed by atoms with van der Waals surface area (Å²) >= 11 is 0. The van der Waals surface area contributed by atoms with Crippen molar-refractivity contribution in [1.29, 1.82) is 0 Å². The van der Waals surface area contributed by atoms with E-state index < -0.39 is 0 Å². The summed E-state index contributed by atoms with van der Waals surface area (Å²) in [6, 6.07) is 0.266. The Kier molecular flexibility index (Phi) is 5.35. The summed E-state index contributed by atoms with van der Waals surface area (Å²) in [6.45, 7) is 3.90. The molecule has 3 rings (SSSR count). The second kappa shape index (κ2) is 7.48. The number of carbonyl (C=O) groups is 1. The summed E-state index contributed by atoms with van der Waals surface area (Å²) in [5, 5.41) is 8.36. The molecule has 2 amide bonds. The number of hydrogen-bond acceptors (Lipinski definition) is 6. The van der Waals surface area contributed by atoms with E-state index in [1.165, 1.54) is 0 Å². The van der Waals surface area contributed by atoms with Crippen molar-refractivity contribution >= 4 is 6.03 Å². The summed E-state index contributed by atoms with van der Waals surface area (Å²) in [6.07, 6.45) is 3.04. The number of urea groups is 1. The first kappa shape index (κ1) is 17.2. The molecular weight excluding hydrogens is 310 g/mol. The molecule has 8 heteroatoms. The predicted octanol–water partition coefficient (Wildman–Crippen LogP) is 1.15. The average Bonchev–Trinajstić information content (AvgIpc) is 3.24. The topological polar surface area (TPSA) is 74.9 Å². The maximum atomic E-state index is 12.1. The van der Waals surface area contributed by atoms with Gasteiger partial charge in [0.15, 0.2) is 0 Å². The number of piperidine rings is 1. The van der Waals surface area contributed by atoms with Crippen LogP contribution >= 0.6 is 0 Å². The van der Waals surface area contributed by atoms with Crippen LogP contribution in [0.4, 0.5) is 4.79 Å². The lowest BCUT2D eigenvalue weighted by Crippen LogP contribution is -2.50. The number of aromatic nitrogens is 2. The lowest BCUT2D eigenvalue weighted by Gasteiger charge is -2.37. The van der Waals surface area contributed by atoms with Crippen LogP contribution < -0.4 is 0 Å². The van der Waals surface area contributed by atoms with Gasteiger partial charge in [-0.05, 0) is 25.8 Å². The van der Waals surface area contributed by atoms with Crippen LogP contribution in [-0.2, 0) is 11.3 Å². The van der Waals surface area contributed by atoms with Gasteiger partial charge in [0, 0.05) is 40.3 Å². The smallest absolute Gasteiger partial charge is 0.319 e. The van der Waals surface area contributed by atoms with E-state index in [9.17, 15) is 4.79 Å². The molecule has 0 aliphatic carbocycles. The van der Waals surface area contributed by atoms with Crippen molar-refractivity contribution < 1.29 is 13.9 Å². The highest BCUT2D eigenvalue weighted by Gasteiger charge is 2.28. The van der Waals surface area contributed by atoms with Gasteiger partial charge in [0.2, 0.25) is 11.8 Å². The van der Waals surface area contributed by atoms with Gasteiger partial charge in [-0.3, -0.25) is 4.90 Å². The molecule has 2 atom stereocenters. The van der Waals surface area contributed by atoms with Crippen LogP contribution in [0.25, 0.3) is 0 Å². The summed E-state index contributed by atoms with van der Waals surface area (Å²) < 4.78 is 11.2. The normalized spacial score (nSPS) is 25.0. The highest BCUT2D eigenvalue weighted by atomic mass is 16.5. The molecule has 134 valence electrons. The Morgan fingerprint density at radius 2 is 2.12 bits per heavy atom. The van der Waals surface area contributed by atoms with E-state index in [2.05, 4.69) is 15.1 Å². The lowest BCUT2D eigenvalue weighted by molar-refractivity contribution is 0.104. The fourth-order valence-electron chi connectivity index (χ4n) is 3.38. The van der Waals surface area contributed by atoms with Gasteiger partial charge in [-0.25, -0.2) is 4.79 Å². The fourth-order valence-corrected chi connectivity index (χ4v) is 3.38. The first-order valence-corrected chi connectivity index (χ1v) is 8.61. The van der Waals surface area contributed by atoms with Gasteiger partial charge in [0.1, 0.15) is 0 Å². The van der Waals surface area contributed by atoms with Gasteiger partial charge in [0.25, 0.3) is 0 Å². The molecule has 2 saturated heterocycles. The number of carbonyl (C=O) groups excluding carboxylic acids is 1. The van der Waals surface area contributed by atoms with Crippen molar-refractivity contribution in [3.05, 3.63) is 11.8 Å². The number of likely N-dealkylation sites (tertiary alicyclic amines) is 1. The Morgan fingerprint density at radius 1 is 1.29 bits per heavy atom. The zero-order chi connectivity index (χ0) is 17.1. The van der Waals surface area contributed by atoms with Crippen LogP contribution in [0, 0.1) is 0 Å². The third-order valence-corrected chi connectivity index (χ3v) is 4.83. The fraction of sp³-hybridized carbons (Fsp3) is 0.812. The molecule has 2 aliphatic rings. The van der Waals surface area contributed by atoms with E-state index in [1.807, 2.05) is 11.9 Å². The molecule has 0 aromatic carbocycles. The van der Waals surface area contributed by atoms with E-state index in [-0.39, 0.29) is 18.0 Å². The van der Waals surface area contributed by atoms with Gasteiger partial charge in [0.05, 0.1) is 19.1 Å². The summed E-state index contributed by atoms with van der Waals surface area (Å²) in [5.41, 5.74) is 0. The van der Waals surface area contributed by atoms with Crippen molar-refractivity contribution in [3.8, 4) is 0 Å². The SMILES string of the molecule is CN(C)C(=O)N(C)C1CCCN(Cc2nnc(C3CCOC3)o2)C1. The van der Waals surface area contributed by atoms with Crippen LogP contribution in [0.5, 0.6) is 0 Å². The van der Waals surface area contributed by atoms with E-state index in [0.717, 1.165) is 39.0 Å². The van der Waals surface area contributed by atoms with Crippen LogP contribution in [0.1, 0.15) is 37.0 Å². The average molecular weight is 337 g/mol. The molecular formula is C16H27N5O3. The van der Waals surface area contributed by atoms with Crippen molar-refractivity contribution in [2.45, 2.75) is 37.8 Å². The van der Waals surface area contributed by atoms with Gasteiger partial charge in [-0.2, -0.15) is 0 Å². The molecule has 0 radical (unpaired) electrons. The van der Waals surface area contributed by atoms with E-state index in [1.54, 1.807) is 19.0 Å². The minimum absolute atomic E-state index is 0.0446. The molecule has 1 aromatic rings. The van der Waals surface area contributed by atoms with E-state index in [4.69, 9.17) is 9.15 Å².